The Hall–Kier alpha value is -3.01. The van der Waals surface area contributed by atoms with Crippen molar-refractivity contribution in [3.05, 3.63) is 60.8 Å². The molecule has 1 N–H and O–H groups in total. The molecule has 0 bridgehead atoms. The summed E-state index contributed by atoms with van der Waals surface area (Å²) in [6.45, 7) is 4.74. The van der Waals surface area contributed by atoms with Gasteiger partial charge >= 0.3 is 17.9 Å². The quantitative estimate of drug-likeness (QED) is 0.0212. The zero-order chi connectivity index (χ0) is 46.3. The van der Waals surface area contributed by atoms with Crippen molar-refractivity contribution >= 4 is 17.9 Å². The summed E-state index contributed by atoms with van der Waals surface area (Å²) >= 11 is 0. The molecule has 0 radical (unpaired) electrons. The maximum atomic E-state index is 12.8. The lowest BCUT2D eigenvalue weighted by Gasteiger charge is -2.25. The van der Waals surface area contributed by atoms with Crippen molar-refractivity contribution in [2.24, 2.45) is 0 Å². The average Bonchev–Trinajstić information content (AvgIpc) is 3.24. The third-order valence-corrected chi connectivity index (χ3v) is 10.8. The molecule has 9 heteroatoms. The second-order valence-corrected chi connectivity index (χ2v) is 18.1. The van der Waals surface area contributed by atoms with Gasteiger partial charge in [-0.05, 0) is 77.0 Å². The minimum Gasteiger partial charge on any atom is -0.477 e. The number of quaternary nitrogens is 1. The van der Waals surface area contributed by atoms with Gasteiger partial charge in [0.15, 0.2) is 6.10 Å². The highest BCUT2D eigenvalue weighted by atomic mass is 16.7. The van der Waals surface area contributed by atoms with E-state index in [2.05, 4.69) is 74.6 Å². The molecular weight excluding hydrogens is 791 g/mol. The van der Waals surface area contributed by atoms with Crippen molar-refractivity contribution in [3.8, 4) is 0 Å². The van der Waals surface area contributed by atoms with E-state index in [-0.39, 0.29) is 32.2 Å². The molecule has 0 saturated heterocycles. The number of likely N-dealkylation sites (N-methyl/N-ethyl adjacent to an activating group) is 1. The lowest BCUT2D eigenvalue weighted by molar-refractivity contribution is -0.870. The number of unbranched alkanes of at least 4 members (excludes halogenated alkanes) is 21. The first kappa shape index (κ1) is 60.0. The standard InChI is InChI=1S/C54H95NO8/c1-6-8-10-12-14-16-18-20-22-24-26-28-30-32-34-36-38-40-42-44-51(56)61-48-50(49-62-54(53(58)59)60-47-46-55(3,4)5)63-52(57)45-43-41-39-37-35-33-31-29-27-25-23-21-19-17-15-13-11-9-7-2/h9,11,15,17,20-23,27,29,50,54H,6-8,10,12-14,16,18-19,24-26,28,30-49H2,1-5H3/p+1/b11-9-,17-15-,22-20-,23-21-,29-27-. The fraction of sp³-hybridized carbons (Fsp3) is 0.759. The number of aliphatic carboxylic acids is 1. The Morgan fingerprint density at radius 1 is 0.492 bits per heavy atom. The van der Waals surface area contributed by atoms with Gasteiger partial charge in [-0.1, -0.05) is 177 Å². The highest BCUT2D eigenvalue weighted by molar-refractivity contribution is 5.71. The van der Waals surface area contributed by atoms with E-state index < -0.39 is 24.3 Å². The Bertz CT molecular complexity index is 1220. The van der Waals surface area contributed by atoms with E-state index >= 15 is 0 Å². The van der Waals surface area contributed by atoms with Crippen molar-refractivity contribution in [2.75, 3.05) is 47.5 Å². The fourth-order valence-corrected chi connectivity index (χ4v) is 6.82. The summed E-state index contributed by atoms with van der Waals surface area (Å²) in [5.74, 6) is -2.03. The van der Waals surface area contributed by atoms with Gasteiger partial charge in [0.25, 0.3) is 6.29 Å². The summed E-state index contributed by atoms with van der Waals surface area (Å²) < 4.78 is 22.8. The van der Waals surface area contributed by atoms with Crippen LogP contribution in [-0.4, -0.2) is 87.4 Å². The van der Waals surface area contributed by atoms with Gasteiger partial charge < -0.3 is 28.5 Å². The largest absolute Gasteiger partial charge is 0.477 e. The molecule has 0 aromatic carbocycles. The number of carbonyl (C=O) groups is 3. The number of esters is 2. The Labute approximate surface area is 386 Å². The Morgan fingerprint density at radius 3 is 1.37 bits per heavy atom. The summed E-state index contributed by atoms with van der Waals surface area (Å²) in [4.78, 5) is 37.3. The first-order valence-electron chi connectivity index (χ1n) is 25.5. The smallest absolute Gasteiger partial charge is 0.361 e. The molecule has 0 aliphatic rings. The molecule has 0 rings (SSSR count). The predicted octanol–water partition coefficient (Wildman–Crippen LogP) is 14.1. The number of rotatable bonds is 46. The normalized spacial score (nSPS) is 13.3. The summed E-state index contributed by atoms with van der Waals surface area (Å²) in [5, 5.41) is 9.67. The molecule has 364 valence electrons. The number of carbonyl (C=O) groups excluding carboxylic acids is 2. The third-order valence-electron chi connectivity index (χ3n) is 10.8. The fourth-order valence-electron chi connectivity index (χ4n) is 6.82. The van der Waals surface area contributed by atoms with Crippen LogP contribution in [0.5, 0.6) is 0 Å². The number of hydrogen-bond donors (Lipinski definition) is 1. The van der Waals surface area contributed by atoms with E-state index in [1.165, 1.54) is 89.9 Å². The highest BCUT2D eigenvalue weighted by Crippen LogP contribution is 2.14. The molecule has 0 heterocycles. The first-order chi connectivity index (χ1) is 30.6. The van der Waals surface area contributed by atoms with Crippen LogP contribution in [-0.2, 0) is 33.3 Å². The number of hydrogen-bond acceptors (Lipinski definition) is 7. The maximum absolute atomic E-state index is 12.8. The van der Waals surface area contributed by atoms with Crippen LogP contribution in [0.2, 0.25) is 0 Å². The molecule has 0 saturated carbocycles. The zero-order valence-electron chi connectivity index (χ0n) is 41.2. The van der Waals surface area contributed by atoms with E-state index in [1.54, 1.807) is 0 Å². The topological polar surface area (TPSA) is 108 Å². The van der Waals surface area contributed by atoms with E-state index in [1.807, 2.05) is 21.1 Å². The molecule has 0 fully saturated rings. The van der Waals surface area contributed by atoms with Crippen molar-refractivity contribution in [1.29, 1.82) is 0 Å². The highest BCUT2D eigenvalue weighted by Gasteiger charge is 2.25. The minimum atomic E-state index is -1.52. The van der Waals surface area contributed by atoms with E-state index in [9.17, 15) is 19.5 Å². The number of carboxylic acids is 1. The van der Waals surface area contributed by atoms with Gasteiger partial charge in [0.1, 0.15) is 13.2 Å². The second-order valence-electron chi connectivity index (χ2n) is 18.1. The molecule has 63 heavy (non-hydrogen) atoms. The van der Waals surface area contributed by atoms with Crippen molar-refractivity contribution in [3.63, 3.8) is 0 Å². The van der Waals surface area contributed by atoms with E-state index in [0.29, 0.717) is 23.9 Å². The van der Waals surface area contributed by atoms with Gasteiger partial charge in [0, 0.05) is 12.8 Å². The van der Waals surface area contributed by atoms with Gasteiger partial charge in [0.05, 0.1) is 34.4 Å². The third kappa shape index (κ3) is 46.8. The zero-order valence-corrected chi connectivity index (χ0v) is 41.2. The number of nitrogens with zero attached hydrogens (tertiary/aromatic N) is 1. The Morgan fingerprint density at radius 2 is 0.905 bits per heavy atom. The van der Waals surface area contributed by atoms with Gasteiger partial charge in [-0.25, -0.2) is 4.79 Å². The first-order valence-corrected chi connectivity index (χ1v) is 25.5. The SMILES string of the molecule is CC/C=C\C/C=C\C/C=C\C/C=C\CCCCCCCCC(=O)OC(COC(=O)CCCCCCCCCCC/C=C\CCCCCCCC)COC(OCC[N+](C)(C)C)C(=O)O. The summed E-state index contributed by atoms with van der Waals surface area (Å²) in [5.41, 5.74) is 0. The van der Waals surface area contributed by atoms with Gasteiger partial charge in [-0.15, -0.1) is 0 Å². The van der Waals surface area contributed by atoms with E-state index in [0.717, 1.165) is 83.5 Å². The summed E-state index contributed by atoms with van der Waals surface area (Å²) in [6.07, 6.45) is 52.8. The predicted molar refractivity (Wildman–Crippen MR) is 263 cm³/mol. The van der Waals surface area contributed by atoms with Crippen LogP contribution in [0.3, 0.4) is 0 Å². The molecular formula is C54H96NO8+. The molecule has 0 aliphatic carbocycles. The molecule has 0 aliphatic heterocycles. The molecule has 0 spiro atoms. The van der Waals surface area contributed by atoms with Crippen molar-refractivity contribution < 1.29 is 42.9 Å². The van der Waals surface area contributed by atoms with Gasteiger partial charge in [-0.3, -0.25) is 9.59 Å². The van der Waals surface area contributed by atoms with Crippen LogP contribution in [0.1, 0.15) is 206 Å². The summed E-state index contributed by atoms with van der Waals surface area (Å²) in [7, 11) is 5.95. The molecule has 0 aromatic rings. The van der Waals surface area contributed by atoms with Crippen LogP contribution in [0.15, 0.2) is 60.8 Å². The molecule has 9 nitrogen and oxygen atoms in total. The molecule has 0 aromatic heterocycles. The second kappa shape index (κ2) is 45.6. The van der Waals surface area contributed by atoms with Crippen LogP contribution in [0.4, 0.5) is 0 Å². The monoisotopic (exact) mass is 887 g/mol. The van der Waals surface area contributed by atoms with Crippen LogP contribution < -0.4 is 0 Å². The summed E-state index contributed by atoms with van der Waals surface area (Å²) in [6, 6.07) is 0. The Balaban J connectivity index is 4.38. The number of allylic oxidation sites excluding steroid dienone is 10. The average molecular weight is 887 g/mol. The molecule has 2 unspecified atom stereocenters. The number of ether oxygens (including phenoxy) is 4. The lowest BCUT2D eigenvalue weighted by Crippen LogP contribution is -2.40. The molecule has 0 amide bonds. The maximum Gasteiger partial charge on any atom is 0.361 e. The van der Waals surface area contributed by atoms with Crippen LogP contribution in [0.25, 0.3) is 0 Å². The van der Waals surface area contributed by atoms with Gasteiger partial charge in [-0.2, -0.15) is 0 Å². The van der Waals surface area contributed by atoms with Crippen molar-refractivity contribution in [1.82, 2.24) is 0 Å². The minimum absolute atomic E-state index is 0.182. The number of carboxylic acid groups (broad SMARTS) is 1. The van der Waals surface area contributed by atoms with Crippen molar-refractivity contribution in [2.45, 2.75) is 219 Å². The lowest BCUT2D eigenvalue weighted by atomic mass is 10.1. The van der Waals surface area contributed by atoms with Crippen LogP contribution in [0, 0.1) is 0 Å². The van der Waals surface area contributed by atoms with Gasteiger partial charge in [0.2, 0.25) is 0 Å². The van der Waals surface area contributed by atoms with Crippen LogP contribution >= 0.6 is 0 Å². The van der Waals surface area contributed by atoms with E-state index in [4.69, 9.17) is 18.9 Å². The molecule has 2 atom stereocenters. The Kier molecular flexibility index (Phi) is 43.4.